The number of thioether (sulfide) groups is 1. The summed E-state index contributed by atoms with van der Waals surface area (Å²) in [6.07, 6.45) is 3.27. The molecular weight excluding hydrogens is 264 g/mol. The van der Waals surface area contributed by atoms with Crippen molar-refractivity contribution in [3.05, 3.63) is 35.4 Å². The van der Waals surface area contributed by atoms with Crippen LogP contribution in [-0.2, 0) is 0 Å². The summed E-state index contributed by atoms with van der Waals surface area (Å²) in [5.74, 6) is 2.33. The predicted octanol–water partition coefficient (Wildman–Crippen LogP) is 4.15. The highest BCUT2D eigenvalue weighted by molar-refractivity contribution is 7.99. The minimum Gasteiger partial charge on any atom is -0.310 e. The number of benzene rings is 1. The summed E-state index contributed by atoms with van der Waals surface area (Å²) in [6, 6.07) is 3.67. The van der Waals surface area contributed by atoms with Gasteiger partial charge < -0.3 is 5.32 Å². The molecule has 0 saturated carbocycles. The normalized spacial score (nSPS) is 18.5. The van der Waals surface area contributed by atoms with E-state index in [0.29, 0.717) is 11.5 Å². The zero-order valence-corrected chi connectivity index (χ0v) is 12.1. The quantitative estimate of drug-likeness (QED) is 0.872. The van der Waals surface area contributed by atoms with Gasteiger partial charge in [-0.05, 0) is 61.4 Å². The number of rotatable bonds is 5. The second kappa shape index (κ2) is 7.25. The van der Waals surface area contributed by atoms with E-state index in [1.54, 1.807) is 0 Å². The fraction of sp³-hybridized carbons (Fsp3) is 0.600. The van der Waals surface area contributed by atoms with Crippen molar-refractivity contribution < 1.29 is 8.78 Å². The highest BCUT2D eigenvalue weighted by Crippen LogP contribution is 2.32. The van der Waals surface area contributed by atoms with Gasteiger partial charge in [-0.1, -0.05) is 6.92 Å². The molecule has 4 heteroatoms. The molecule has 0 aliphatic carbocycles. The first-order valence-electron chi connectivity index (χ1n) is 6.96. The molecule has 1 aromatic carbocycles. The SMILES string of the molecule is CCNC(CC1CCSCC1)c1cc(F)ccc1F. The molecule has 1 fully saturated rings. The van der Waals surface area contributed by atoms with Gasteiger partial charge in [-0.15, -0.1) is 0 Å². The van der Waals surface area contributed by atoms with Crippen molar-refractivity contribution in [3.8, 4) is 0 Å². The Balaban J connectivity index is 2.11. The van der Waals surface area contributed by atoms with Gasteiger partial charge in [-0.25, -0.2) is 8.78 Å². The van der Waals surface area contributed by atoms with E-state index < -0.39 is 0 Å². The standard InChI is InChI=1S/C15H21F2NS/c1-2-18-15(9-11-5-7-19-8-6-11)13-10-12(16)3-4-14(13)17/h3-4,10-11,15,18H,2,5-9H2,1H3. The number of hydrogen-bond donors (Lipinski definition) is 1. The maximum atomic E-state index is 13.9. The van der Waals surface area contributed by atoms with Gasteiger partial charge in [-0.2, -0.15) is 11.8 Å². The van der Waals surface area contributed by atoms with Crippen LogP contribution >= 0.6 is 11.8 Å². The van der Waals surface area contributed by atoms with E-state index in [1.807, 2.05) is 18.7 Å². The third kappa shape index (κ3) is 4.18. The smallest absolute Gasteiger partial charge is 0.128 e. The maximum Gasteiger partial charge on any atom is 0.128 e. The van der Waals surface area contributed by atoms with Gasteiger partial charge >= 0.3 is 0 Å². The van der Waals surface area contributed by atoms with Crippen molar-refractivity contribution in [2.24, 2.45) is 5.92 Å². The molecule has 106 valence electrons. The highest BCUT2D eigenvalue weighted by Gasteiger charge is 2.22. The summed E-state index contributed by atoms with van der Waals surface area (Å²) in [6.45, 7) is 2.77. The lowest BCUT2D eigenvalue weighted by molar-refractivity contribution is 0.366. The molecular formula is C15H21F2NS. The van der Waals surface area contributed by atoms with Crippen LogP contribution in [0.15, 0.2) is 18.2 Å². The first-order valence-corrected chi connectivity index (χ1v) is 8.12. The van der Waals surface area contributed by atoms with Crippen LogP contribution < -0.4 is 5.32 Å². The van der Waals surface area contributed by atoms with Crippen LogP contribution in [0.4, 0.5) is 8.78 Å². The van der Waals surface area contributed by atoms with Crippen molar-refractivity contribution in [2.45, 2.75) is 32.2 Å². The first kappa shape index (κ1) is 14.8. The van der Waals surface area contributed by atoms with Gasteiger partial charge in [0.05, 0.1) is 0 Å². The van der Waals surface area contributed by atoms with Gasteiger partial charge in [0.2, 0.25) is 0 Å². The lowest BCUT2D eigenvalue weighted by Crippen LogP contribution is -2.26. The summed E-state index contributed by atoms with van der Waals surface area (Å²) >= 11 is 1.99. The van der Waals surface area contributed by atoms with Crippen LogP contribution in [-0.4, -0.2) is 18.1 Å². The molecule has 1 aromatic rings. The Morgan fingerprint density at radius 1 is 1.32 bits per heavy atom. The van der Waals surface area contributed by atoms with Crippen molar-refractivity contribution >= 4 is 11.8 Å². The van der Waals surface area contributed by atoms with Gasteiger partial charge in [0.15, 0.2) is 0 Å². The summed E-state index contributed by atoms with van der Waals surface area (Å²) < 4.78 is 27.2. The fourth-order valence-corrected chi connectivity index (χ4v) is 3.87. The Labute approximate surface area is 118 Å². The lowest BCUT2D eigenvalue weighted by Gasteiger charge is -2.27. The Bertz CT molecular complexity index is 405. The second-order valence-electron chi connectivity index (χ2n) is 5.07. The highest BCUT2D eigenvalue weighted by atomic mass is 32.2. The zero-order chi connectivity index (χ0) is 13.7. The Hall–Kier alpha value is -0.610. The largest absolute Gasteiger partial charge is 0.310 e. The maximum absolute atomic E-state index is 13.9. The average molecular weight is 285 g/mol. The van der Waals surface area contributed by atoms with Gasteiger partial charge in [-0.3, -0.25) is 0 Å². The Morgan fingerprint density at radius 2 is 2.05 bits per heavy atom. The van der Waals surface area contributed by atoms with Crippen LogP contribution in [0.2, 0.25) is 0 Å². The van der Waals surface area contributed by atoms with E-state index in [0.717, 1.165) is 13.0 Å². The van der Waals surface area contributed by atoms with E-state index in [-0.39, 0.29) is 17.7 Å². The van der Waals surface area contributed by atoms with E-state index >= 15 is 0 Å². The summed E-state index contributed by atoms with van der Waals surface area (Å²) in [7, 11) is 0. The molecule has 0 bridgehead atoms. The molecule has 2 rings (SSSR count). The molecule has 0 spiro atoms. The van der Waals surface area contributed by atoms with E-state index in [1.165, 1.54) is 42.5 Å². The monoisotopic (exact) mass is 285 g/mol. The zero-order valence-electron chi connectivity index (χ0n) is 11.3. The molecule has 1 N–H and O–H groups in total. The minimum atomic E-state index is -0.362. The number of hydrogen-bond acceptors (Lipinski definition) is 2. The summed E-state index contributed by atoms with van der Waals surface area (Å²) in [4.78, 5) is 0. The summed E-state index contributed by atoms with van der Waals surface area (Å²) in [5, 5.41) is 3.30. The molecule has 19 heavy (non-hydrogen) atoms. The van der Waals surface area contributed by atoms with Crippen molar-refractivity contribution in [2.75, 3.05) is 18.1 Å². The van der Waals surface area contributed by atoms with Crippen LogP contribution in [0.25, 0.3) is 0 Å². The molecule has 1 atom stereocenters. The summed E-state index contributed by atoms with van der Waals surface area (Å²) in [5.41, 5.74) is 0.472. The third-order valence-corrected chi connectivity index (χ3v) is 4.74. The Kier molecular flexibility index (Phi) is 5.64. The predicted molar refractivity (Wildman–Crippen MR) is 77.4 cm³/mol. The second-order valence-corrected chi connectivity index (χ2v) is 6.29. The van der Waals surface area contributed by atoms with Gasteiger partial charge in [0, 0.05) is 11.6 Å². The van der Waals surface area contributed by atoms with E-state index in [4.69, 9.17) is 0 Å². The molecule has 1 saturated heterocycles. The number of halogens is 2. The molecule has 0 amide bonds. The van der Waals surface area contributed by atoms with Crippen LogP contribution in [0.3, 0.4) is 0 Å². The van der Waals surface area contributed by atoms with Crippen LogP contribution in [0.5, 0.6) is 0 Å². The van der Waals surface area contributed by atoms with Crippen LogP contribution in [0.1, 0.15) is 37.8 Å². The van der Waals surface area contributed by atoms with Crippen LogP contribution in [0, 0.1) is 17.6 Å². The van der Waals surface area contributed by atoms with Crippen molar-refractivity contribution in [3.63, 3.8) is 0 Å². The van der Waals surface area contributed by atoms with E-state index in [9.17, 15) is 8.78 Å². The topological polar surface area (TPSA) is 12.0 Å². The van der Waals surface area contributed by atoms with E-state index in [2.05, 4.69) is 5.32 Å². The number of nitrogens with one attached hydrogen (secondary N) is 1. The molecule has 0 aromatic heterocycles. The van der Waals surface area contributed by atoms with Gasteiger partial charge in [0.1, 0.15) is 11.6 Å². The molecule has 1 aliphatic rings. The molecule has 1 heterocycles. The lowest BCUT2D eigenvalue weighted by atomic mass is 9.90. The molecule has 1 unspecified atom stereocenters. The van der Waals surface area contributed by atoms with Gasteiger partial charge in [0.25, 0.3) is 0 Å². The Morgan fingerprint density at radius 3 is 2.74 bits per heavy atom. The fourth-order valence-electron chi connectivity index (χ4n) is 2.66. The minimum absolute atomic E-state index is 0.0752. The van der Waals surface area contributed by atoms with Crippen molar-refractivity contribution in [1.82, 2.24) is 5.32 Å². The van der Waals surface area contributed by atoms with Crippen molar-refractivity contribution in [1.29, 1.82) is 0 Å². The molecule has 1 aliphatic heterocycles. The molecule has 1 nitrogen and oxygen atoms in total. The molecule has 0 radical (unpaired) electrons. The average Bonchev–Trinajstić information content (AvgIpc) is 2.42. The first-order chi connectivity index (χ1) is 9.20. The third-order valence-electron chi connectivity index (χ3n) is 3.69.